The van der Waals surface area contributed by atoms with E-state index in [4.69, 9.17) is 9.84 Å². The van der Waals surface area contributed by atoms with Crippen molar-refractivity contribution in [2.24, 2.45) is 0 Å². The monoisotopic (exact) mass is 211 g/mol. The van der Waals surface area contributed by atoms with Crippen molar-refractivity contribution in [2.45, 2.75) is 12.8 Å². The standard InChI is InChI=1S/C10H13NO4/c12-7-3-4-8-15-10-6-2-1-5-9(10)11(13)14/h1-2,5-6,12H,3-4,7-8H2. The van der Waals surface area contributed by atoms with Gasteiger partial charge in [0.1, 0.15) is 0 Å². The molecule has 1 aromatic carbocycles. The minimum Gasteiger partial charge on any atom is -0.487 e. The highest BCUT2D eigenvalue weighted by Gasteiger charge is 2.12. The lowest BCUT2D eigenvalue weighted by atomic mass is 10.3. The van der Waals surface area contributed by atoms with Crippen LogP contribution in [-0.2, 0) is 0 Å². The van der Waals surface area contributed by atoms with E-state index in [-0.39, 0.29) is 18.0 Å². The van der Waals surface area contributed by atoms with Crippen LogP contribution in [0.2, 0.25) is 0 Å². The Morgan fingerprint density at radius 3 is 2.73 bits per heavy atom. The number of nitrogens with zero attached hydrogens (tertiary/aromatic N) is 1. The molecule has 0 fully saturated rings. The highest BCUT2D eigenvalue weighted by Crippen LogP contribution is 2.25. The molecule has 1 aromatic rings. The van der Waals surface area contributed by atoms with Gasteiger partial charge in [0, 0.05) is 12.7 Å². The van der Waals surface area contributed by atoms with Crippen LogP contribution in [0.25, 0.3) is 0 Å². The summed E-state index contributed by atoms with van der Waals surface area (Å²) in [5.74, 6) is 0.278. The largest absolute Gasteiger partial charge is 0.487 e. The summed E-state index contributed by atoms with van der Waals surface area (Å²) >= 11 is 0. The molecule has 0 aromatic heterocycles. The maximum absolute atomic E-state index is 10.6. The highest BCUT2D eigenvalue weighted by molar-refractivity contribution is 5.45. The second kappa shape index (κ2) is 5.98. The van der Waals surface area contributed by atoms with Crippen molar-refractivity contribution in [3.8, 4) is 5.75 Å². The second-order valence-corrected chi connectivity index (χ2v) is 3.00. The predicted octanol–water partition coefficient (Wildman–Crippen LogP) is 1.75. The van der Waals surface area contributed by atoms with Crippen LogP contribution in [0, 0.1) is 10.1 Å². The molecule has 0 aliphatic rings. The van der Waals surface area contributed by atoms with Crippen LogP contribution in [0.3, 0.4) is 0 Å². The Hall–Kier alpha value is -1.62. The van der Waals surface area contributed by atoms with E-state index in [9.17, 15) is 10.1 Å². The third-order valence-corrected chi connectivity index (χ3v) is 1.87. The molecule has 1 rings (SSSR count). The van der Waals surface area contributed by atoms with Crippen molar-refractivity contribution in [1.82, 2.24) is 0 Å². The molecule has 1 N–H and O–H groups in total. The Morgan fingerprint density at radius 2 is 2.07 bits per heavy atom. The predicted molar refractivity (Wildman–Crippen MR) is 54.9 cm³/mol. The molecule has 0 atom stereocenters. The summed E-state index contributed by atoms with van der Waals surface area (Å²) in [7, 11) is 0. The van der Waals surface area contributed by atoms with E-state index >= 15 is 0 Å². The number of nitro groups is 1. The third-order valence-electron chi connectivity index (χ3n) is 1.87. The molecule has 0 saturated heterocycles. The van der Waals surface area contributed by atoms with Gasteiger partial charge in [0.25, 0.3) is 0 Å². The molecule has 0 saturated carbocycles. The van der Waals surface area contributed by atoms with Gasteiger partial charge in [-0.05, 0) is 18.9 Å². The Balaban J connectivity index is 2.56. The fourth-order valence-corrected chi connectivity index (χ4v) is 1.13. The average Bonchev–Trinajstić information content (AvgIpc) is 2.25. The molecule has 0 spiro atoms. The summed E-state index contributed by atoms with van der Waals surface area (Å²) < 4.78 is 5.25. The number of hydrogen-bond donors (Lipinski definition) is 1. The molecule has 0 aliphatic carbocycles. The molecule has 0 aliphatic heterocycles. The smallest absolute Gasteiger partial charge is 0.310 e. The van der Waals surface area contributed by atoms with Gasteiger partial charge < -0.3 is 9.84 Å². The number of aliphatic hydroxyl groups excluding tert-OH is 1. The van der Waals surface area contributed by atoms with Gasteiger partial charge in [0.15, 0.2) is 5.75 Å². The average molecular weight is 211 g/mol. The number of benzene rings is 1. The zero-order valence-electron chi connectivity index (χ0n) is 8.26. The van der Waals surface area contributed by atoms with Crippen LogP contribution in [0.4, 0.5) is 5.69 Å². The molecule has 0 radical (unpaired) electrons. The van der Waals surface area contributed by atoms with Crippen LogP contribution >= 0.6 is 0 Å². The Kier molecular flexibility index (Phi) is 4.56. The SMILES string of the molecule is O=[N+]([O-])c1ccccc1OCCCCO. The molecule has 0 heterocycles. The zero-order valence-corrected chi connectivity index (χ0v) is 8.26. The van der Waals surface area contributed by atoms with Crippen LogP contribution in [0.15, 0.2) is 24.3 Å². The van der Waals surface area contributed by atoms with Crippen molar-refractivity contribution < 1.29 is 14.8 Å². The number of aliphatic hydroxyl groups is 1. The lowest BCUT2D eigenvalue weighted by Gasteiger charge is -2.05. The minimum atomic E-state index is -0.471. The van der Waals surface area contributed by atoms with Gasteiger partial charge in [-0.3, -0.25) is 10.1 Å². The van der Waals surface area contributed by atoms with Crippen LogP contribution in [-0.4, -0.2) is 23.2 Å². The second-order valence-electron chi connectivity index (χ2n) is 3.00. The van der Waals surface area contributed by atoms with Crippen LogP contribution in [0.1, 0.15) is 12.8 Å². The summed E-state index contributed by atoms with van der Waals surface area (Å²) in [5.41, 5.74) is -0.0264. The van der Waals surface area contributed by atoms with Gasteiger partial charge in [0.2, 0.25) is 0 Å². The van der Waals surface area contributed by atoms with Crippen LogP contribution < -0.4 is 4.74 Å². The lowest BCUT2D eigenvalue weighted by Crippen LogP contribution is -2.01. The van der Waals surface area contributed by atoms with Gasteiger partial charge in [-0.2, -0.15) is 0 Å². The summed E-state index contributed by atoms with van der Waals surface area (Å²) in [4.78, 5) is 10.1. The summed E-state index contributed by atoms with van der Waals surface area (Å²) in [5, 5.41) is 19.1. The number of unbranched alkanes of at least 4 members (excludes halogenated alkanes) is 1. The molecule has 0 unspecified atom stereocenters. The molecule has 5 heteroatoms. The molecule has 15 heavy (non-hydrogen) atoms. The number of ether oxygens (including phenoxy) is 1. The van der Waals surface area contributed by atoms with Gasteiger partial charge in [-0.25, -0.2) is 0 Å². The number of hydrogen-bond acceptors (Lipinski definition) is 4. The zero-order chi connectivity index (χ0) is 11.1. The third kappa shape index (κ3) is 3.55. The van der Waals surface area contributed by atoms with Gasteiger partial charge in [-0.15, -0.1) is 0 Å². The molecule has 82 valence electrons. The summed E-state index contributed by atoms with van der Waals surface area (Å²) in [6, 6.07) is 6.26. The van der Waals surface area contributed by atoms with E-state index < -0.39 is 4.92 Å². The van der Waals surface area contributed by atoms with E-state index in [1.807, 2.05) is 0 Å². The van der Waals surface area contributed by atoms with Crippen molar-refractivity contribution >= 4 is 5.69 Å². The maximum Gasteiger partial charge on any atom is 0.310 e. The van der Waals surface area contributed by atoms with Crippen molar-refractivity contribution in [2.75, 3.05) is 13.2 Å². The molecule has 0 amide bonds. The molecule has 0 bridgehead atoms. The molecular weight excluding hydrogens is 198 g/mol. The first-order valence-corrected chi connectivity index (χ1v) is 4.73. The minimum absolute atomic E-state index is 0.0264. The highest BCUT2D eigenvalue weighted by atomic mass is 16.6. The first kappa shape index (κ1) is 11.5. The van der Waals surface area contributed by atoms with E-state index in [1.165, 1.54) is 6.07 Å². The number of rotatable bonds is 6. The van der Waals surface area contributed by atoms with Gasteiger partial charge in [0.05, 0.1) is 11.5 Å². The number of para-hydroxylation sites is 2. The summed E-state index contributed by atoms with van der Waals surface area (Å²) in [6.45, 7) is 0.492. The molecule has 5 nitrogen and oxygen atoms in total. The van der Waals surface area contributed by atoms with Crippen molar-refractivity contribution in [3.63, 3.8) is 0 Å². The maximum atomic E-state index is 10.6. The number of nitro benzene ring substituents is 1. The van der Waals surface area contributed by atoms with E-state index in [1.54, 1.807) is 18.2 Å². The Morgan fingerprint density at radius 1 is 1.33 bits per heavy atom. The van der Waals surface area contributed by atoms with E-state index in [2.05, 4.69) is 0 Å². The normalized spacial score (nSPS) is 9.93. The molecular formula is C10H13NO4. The van der Waals surface area contributed by atoms with Crippen molar-refractivity contribution in [1.29, 1.82) is 0 Å². The fourth-order valence-electron chi connectivity index (χ4n) is 1.13. The first-order valence-electron chi connectivity index (χ1n) is 4.73. The lowest BCUT2D eigenvalue weighted by molar-refractivity contribution is -0.385. The van der Waals surface area contributed by atoms with Gasteiger partial charge >= 0.3 is 5.69 Å². The first-order chi connectivity index (χ1) is 7.25. The van der Waals surface area contributed by atoms with Gasteiger partial charge in [-0.1, -0.05) is 12.1 Å². The topological polar surface area (TPSA) is 72.6 Å². The fraction of sp³-hybridized carbons (Fsp3) is 0.400. The Bertz CT molecular complexity index is 327. The van der Waals surface area contributed by atoms with Crippen molar-refractivity contribution in [3.05, 3.63) is 34.4 Å². The summed E-state index contributed by atoms with van der Waals surface area (Å²) in [6.07, 6.45) is 1.32. The van der Waals surface area contributed by atoms with E-state index in [0.29, 0.717) is 19.4 Å². The quantitative estimate of drug-likeness (QED) is 0.442. The van der Waals surface area contributed by atoms with Crippen LogP contribution in [0.5, 0.6) is 5.75 Å². The van der Waals surface area contributed by atoms with E-state index in [0.717, 1.165) is 0 Å². The Labute approximate surface area is 87.5 Å².